The van der Waals surface area contributed by atoms with Crippen molar-refractivity contribution in [3.05, 3.63) is 58.0 Å². The molecule has 4 atom stereocenters. The number of rotatable bonds is 8. The van der Waals surface area contributed by atoms with Gasteiger partial charge in [0.1, 0.15) is 40.5 Å². The molecule has 1 radical (unpaired) electrons. The zero-order valence-electron chi connectivity index (χ0n) is 25.7. The van der Waals surface area contributed by atoms with Crippen LogP contribution in [0.15, 0.2) is 41.5 Å². The summed E-state index contributed by atoms with van der Waals surface area (Å²) in [6, 6.07) is 1.98. The van der Waals surface area contributed by atoms with Crippen LogP contribution in [-0.4, -0.2) is 143 Å². The fourth-order valence-electron chi connectivity index (χ4n) is 5.91. The Balaban J connectivity index is 0.00000433. The molecule has 5 heterocycles. The summed E-state index contributed by atoms with van der Waals surface area (Å²) in [5.74, 6) is -3.09. The third-order valence-electron chi connectivity index (χ3n) is 8.35. The van der Waals surface area contributed by atoms with Crippen molar-refractivity contribution in [2.45, 2.75) is 42.1 Å². The van der Waals surface area contributed by atoms with Gasteiger partial charge >= 0.3 is 5.97 Å². The number of amides is 4. The van der Waals surface area contributed by atoms with E-state index >= 15 is 0 Å². The van der Waals surface area contributed by atoms with Gasteiger partial charge in [-0.15, -0.1) is 11.8 Å². The van der Waals surface area contributed by atoms with Crippen LogP contribution in [0, 0.1) is 0 Å². The van der Waals surface area contributed by atoms with Crippen LogP contribution in [0.2, 0.25) is 0 Å². The molecule has 3 aliphatic heterocycles. The maximum absolute atomic E-state index is 13.6. The average Bonchev–Trinajstić information content (AvgIpc) is 3.30. The van der Waals surface area contributed by atoms with Gasteiger partial charge in [0.25, 0.3) is 5.91 Å². The molecule has 5 N–H and O–H groups in total. The van der Waals surface area contributed by atoms with Crippen molar-refractivity contribution < 1.29 is 34.2 Å². The minimum absolute atomic E-state index is 0. The van der Waals surface area contributed by atoms with Crippen LogP contribution in [0.25, 0.3) is 11.0 Å². The number of carbonyl (C=O) groups excluding carboxylic acids is 4. The molecule has 47 heavy (non-hydrogen) atoms. The number of carboxylic acids is 1. The Morgan fingerprint density at radius 1 is 1.13 bits per heavy atom. The summed E-state index contributed by atoms with van der Waals surface area (Å²) in [5, 5.41) is 24.1. The Labute approximate surface area is 293 Å². The number of thioether (sulfide) groups is 1. The first kappa shape index (κ1) is 34.2. The largest absolute Gasteiger partial charge is 0.508 e. The van der Waals surface area contributed by atoms with Crippen LogP contribution in [0.1, 0.15) is 35.8 Å². The first-order chi connectivity index (χ1) is 21.9. The average molecular weight is 674 g/mol. The Morgan fingerprint density at radius 3 is 2.45 bits per heavy atom. The predicted octanol–water partition coefficient (Wildman–Crippen LogP) is -0.976. The number of β-lactam (4-membered cyclic amide) rings is 1. The zero-order chi connectivity index (χ0) is 32.9. The van der Waals surface area contributed by atoms with Crippen molar-refractivity contribution in [1.82, 2.24) is 35.4 Å². The summed E-state index contributed by atoms with van der Waals surface area (Å²) in [6.45, 7) is 5.45. The van der Waals surface area contributed by atoms with E-state index in [-0.39, 0.29) is 57.5 Å². The summed E-state index contributed by atoms with van der Waals surface area (Å²) in [5.41, 5.74) is -0.539. The number of aliphatic carboxylic acids is 1. The van der Waals surface area contributed by atoms with E-state index in [1.54, 1.807) is 18.7 Å². The summed E-state index contributed by atoms with van der Waals surface area (Å²) in [7, 11) is 0. The number of hydrogen-bond donors (Lipinski definition) is 5. The van der Waals surface area contributed by atoms with Crippen LogP contribution < -0.4 is 21.0 Å². The number of nitrogens with one attached hydrogen (secondary N) is 3. The normalized spacial score (nSPS) is 22.0. The van der Waals surface area contributed by atoms with Gasteiger partial charge in [0.05, 0.1) is 5.39 Å². The second kappa shape index (κ2) is 13.1. The van der Waals surface area contributed by atoms with Crippen molar-refractivity contribution in [2.24, 2.45) is 0 Å². The van der Waals surface area contributed by atoms with E-state index in [9.17, 15) is 39.0 Å². The first-order valence-corrected chi connectivity index (χ1v) is 15.2. The molecule has 4 amide bonds. The molecule has 18 heteroatoms. The minimum atomic E-state index is -1.39. The second-order valence-electron chi connectivity index (χ2n) is 11.7. The Morgan fingerprint density at radius 2 is 1.81 bits per heavy atom. The van der Waals surface area contributed by atoms with Crippen LogP contribution in [0.3, 0.4) is 0 Å². The Hall–Kier alpha value is -4.19. The number of benzene rings is 1. The van der Waals surface area contributed by atoms with Crippen molar-refractivity contribution in [2.75, 3.05) is 31.1 Å². The third kappa shape index (κ3) is 6.27. The summed E-state index contributed by atoms with van der Waals surface area (Å²) >= 11 is 1.25. The molecule has 0 unspecified atom stereocenters. The second-order valence-corrected chi connectivity index (χ2v) is 13.4. The first-order valence-electron chi connectivity index (χ1n) is 14.4. The van der Waals surface area contributed by atoms with E-state index < -0.39 is 57.4 Å². The number of carbonyl (C=O) groups is 5. The number of H-pyrrole nitrogens is 1. The summed E-state index contributed by atoms with van der Waals surface area (Å²) in [4.78, 5) is 92.6. The molecule has 3 saturated heterocycles. The van der Waals surface area contributed by atoms with E-state index in [2.05, 4.69) is 25.6 Å². The predicted molar refractivity (Wildman–Crippen MR) is 170 cm³/mol. The van der Waals surface area contributed by atoms with Crippen LogP contribution in [0.4, 0.5) is 5.95 Å². The third-order valence-corrected chi connectivity index (χ3v) is 9.92. The number of piperazine rings is 1. The molecule has 0 saturated carbocycles. The van der Waals surface area contributed by atoms with Gasteiger partial charge in [-0.2, -0.15) is 4.98 Å². The monoisotopic (exact) mass is 673 g/mol. The van der Waals surface area contributed by atoms with Gasteiger partial charge in [-0.3, -0.25) is 24.0 Å². The maximum atomic E-state index is 13.6. The van der Waals surface area contributed by atoms with Gasteiger partial charge in [0.2, 0.25) is 29.6 Å². The number of aromatic amines is 1. The van der Waals surface area contributed by atoms with Crippen LogP contribution in [-0.2, 0) is 19.2 Å². The molecule has 3 aromatic rings. The zero-order valence-corrected chi connectivity index (χ0v) is 28.5. The fraction of sp³-hybridized carbons (Fsp3) is 0.379. The molecule has 0 aliphatic carbocycles. The van der Waals surface area contributed by atoms with E-state index in [0.29, 0.717) is 32.1 Å². The topological polar surface area (TPSA) is 218 Å². The molecule has 0 spiro atoms. The molecular weight excluding hydrogens is 643 g/mol. The number of aromatic hydroxyl groups is 1. The summed E-state index contributed by atoms with van der Waals surface area (Å²) in [6.07, 6.45) is 3.27. The molecule has 3 aliphatic rings. The number of pyridine rings is 1. The number of phenolic OH excluding ortho intramolecular Hbond substituents is 1. The van der Waals surface area contributed by atoms with Crippen LogP contribution >= 0.6 is 11.8 Å². The van der Waals surface area contributed by atoms with E-state index in [1.807, 2.05) is 4.90 Å². The van der Waals surface area contributed by atoms with Gasteiger partial charge < -0.3 is 40.5 Å². The van der Waals surface area contributed by atoms with Gasteiger partial charge in [-0.1, -0.05) is 12.1 Å². The number of anilines is 1. The molecular formula is C29H30N8NaO8S. The SMILES string of the molecule is CC1(C)S[C@@H]2[C@H](NC(=O)[C@H](NC(=O)c3c[nH]c4nc(N5CCN(C=O)CC5)ncc4c3=O)c3ccc(O)cc3)C(=O)N2[C@H]1C(=O)O.[Na]. The van der Waals surface area contributed by atoms with Crippen LogP contribution in [0.5, 0.6) is 5.75 Å². The van der Waals surface area contributed by atoms with Crippen molar-refractivity contribution in [1.29, 1.82) is 0 Å². The van der Waals surface area contributed by atoms with Gasteiger partial charge in [0.15, 0.2) is 0 Å². The molecule has 0 bridgehead atoms. The molecule has 1 aromatic carbocycles. The summed E-state index contributed by atoms with van der Waals surface area (Å²) < 4.78 is -0.802. The fourth-order valence-corrected chi connectivity index (χ4v) is 7.53. The molecule has 16 nitrogen and oxygen atoms in total. The number of aromatic nitrogens is 3. The van der Waals surface area contributed by atoms with Crippen molar-refractivity contribution >= 4 is 88.4 Å². The quantitative estimate of drug-likeness (QED) is 0.111. The number of phenols is 1. The smallest absolute Gasteiger partial charge is 0.327 e. The Kier molecular flexibility index (Phi) is 9.54. The molecule has 3 fully saturated rings. The number of nitrogens with zero attached hydrogens (tertiary/aromatic N) is 5. The minimum Gasteiger partial charge on any atom is -0.508 e. The molecule has 6 rings (SSSR count). The number of carboxylic acid groups (broad SMARTS) is 1. The maximum Gasteiger partial charge on any atom is 0.327 e. The van der Waals surface area contributed by atoms with E-state index in [0.717, 1.165) is 6.41 Å². The van der Waals surface area contributed by atoms with Gasteiger partial charge in [0, 0.05) is 72.9 Å². The molecule has 2 aromatic heterocycles. The number of fused-ring (bicyclic) bond motifs is 2. The number of hydrogen-bond acceptors (Lipinski definition) is 11. The van der Waals surface area contributed by atoms with Gasteiger partial charge in [-0.05, 0) is 31.5 Å². The standard InChI is InChI=1S/C29H30N8O8S.Na/c1-29(2)21(27(44)45)37-25(43)19(26(37)46-29)33-24(42)18(14-3-5-15(39)6-4-14)32-23(41)17-12-30-22-16(20(17)40)11-31-28(34-22)36-9-7-35(13-38)8-10-36;/h3-6,11-13,18-19,21,26,39H,7-10H2,1-2H3,(H,32,41)(H,33,42)(H,44,45)(H,30,31,34,40);/t18-,19-,21+,26-;/m1./s1. The van der Waals surface area contributed by atoms with E-state index in [1.165, 1.54) is 53.3 Å². The van der Waals surface area contributed by atoms with Crippen molar-refractivity contribution in [3.63, 3.8) is 0 Å². The van der Waals surface area contributed by atoms with Crippen molar-refractivity contribution in [3.8, 4) is 5.75 Å². The Bertz CT molecular complexity index is 1810. The molecule has 241 valence electrons. The van der Waals surface area contributed by atoms with Gasteiger partial charge in [-0.25, -0.2) is 9.78 Å². The van der Waals surface area contributed by atoms with E-state index in [4.69, 9.17) is 0 Å².